The van der Waals surface area contributed by atoms with E-state index in [1.807, 2.05) is 0 Å². The predicted octanol–water partition coefficient (Wildman–Crippen LogP) is 3.63. The zero-order chi connectivity index (χ0) is 14.5. The van der Waals surface area contributed by atoms with E-state index in [0.29, 0.717) is 5.41 Å². The Balaban J connectivity index is 2.18. The van der Waals surface area contributed by atoms with Crippen molar-refractivity contribution < 1.29 is 0 Å². The van der Waals surface area contributed by atoms with Gasteiger partial charge in [-0.2, -0.15) is 0 Å². The molecular formula is C17H36N2. The van der Waals surface area contributed by atoms with Gasteiger partial charge in [-0.05, 0) is 62.2 Å². The highest BCUT2D eigenvalue weighted by Gasteiger charge is 2.28. The van der Waals surface area contributed by atoms with Gasteiger partial charge < -0.3 is 10.2 Å². The molecule has 1 atom stereocenters. The highest BCUT2D eigenvalue weighted by molar-refractivity contribution is 4.81. The van der Waals surface area contributed by atoms with Crippen molar-refractivity contribution in [3.05, 3.63) is 0 Å². The molecule has 1 saturated heterocycles. The highest BCUT2D eigenvalue weighted by Crippen LogP contribution is 2.34. The number of likely N-dealkylation sites (tertiary alicyclic amines) is 1. The summed E-state index contributed by atoms with van der Waals surface area (Å²) in [5, 5.41) is 3.58. The summed E-state index contributed by atoms with van der Waals surface area (Å²) in [6.07, 6.45) is 2.77. The molecule has 19 heavy (non-hydrogen) atoms. The van der Waals surface area contributed by atoms with Crippen LogP contribution < -0.4 is 5.32 Å². The van der Waals surface area contributed by atoms with Crippen molar-refractivity contribution in [3.8, 4) is 0 Å². The minimum absolute atomic E-state index is 0.497. The van der Waals surface area contributed by atoms with Crippen LogP contribution in [0.15, 0.2) is 0 Å². The molecule has 0 bridgehead atoms. The molecule has 1 unspecified atom stereocenters. The van der Waals surface area contributed by atoms with Crippen LogP contribution in [0.1, 0.15) is 54.4 Å². The van der Waals surface area contributed by atoms with Crippen molar-refractivity contribution in [1.82, 2.24) is 10.2 Å². The zero-order valence-electron chi connectivity index (χ0n) is 14.1. The van der Waals surface area contributed by atoms with Crippen LogP contribution in [0.5, 0.6) is 0 Å². The fraction of sp³-hybridized carbons (Fsp3) is 1.00. The molecular weight excluding hydrogens is 232 g/mol. The Labute approximate surface area is 121 Å². The van der Waals surface area contributed by atoms with Crippen molar-refractivity contribution in [1.29, 1.82) is 0 Å². The van der Waals surface area contributed by atoms with Crippen LogP contribution in [0.25, 0.3) is 0 Å². The Morgan fingerprint density at radius 2 is 1.63 bits per heavy atom. The van der Waals surface area contributed by atoms with E-state index in [1.165, 1.54) is 32.5 Å². The van der Waals surface area contributed by atoms with E-state index >= 15 is 0 Å². The third-order valence-corrected chi connectivity index (χ3v) is 4.43. The number of hydrogen-bond acceptors (Lipinski definition) is 2. The zero-order valence-corrected chi connectivity index (χ0v) is 14.1. The fourth-order valence-electron chi connectivity index (χ4n) is 3.11. The quantitative estimate of drug-likeness (QED) is 0.791. The van der Waals surface area contributed by atoms with Gasteiger partial charge in [0, 0.05) is 6.54 Å². The number of rotatable bonds is 6. The Morgan fingerprint density at radius 1 is 1.05 bits per heavy atom. The molecule has 0 aliphatic carbocycles. The smallest absolute Gasteiger partial charge is 0.00191 e. The van der Waals surface area contributed by atoms with Gasteiger partial charge in [0.1, 0.15) is 0 Å². The van der Waals surface area contributed by atoms with Crippen molar-refractivity contribution in [2.75, 3.05) is 32.7 Å². The molecule has 114 valence electrons. The van der Waals surface area contributed by atoms with Crippen LogP contribution in [0.4, 0.5) is 0 Å². The van der Waals surface area contributed by atoms with Crippen molar-refractivity contribution in [2.45, 2.75) is 54.4 Å². The molecule has 0 amide bonds. The maximum absolute atomic E-state index is 3.58. The van der Waals surface area contributed by atoms with E-state index in [9.17, 15) is 0 Å². The SMILES string of the molecule is CC(C)CNCC(C)CN1CCC(C(C)(C)C)CC1. The maximum atomic E-state index is 3.58. The average molecular weight is 268 g/mol. The summed E-state index contributed by atoms with van der Waals surface area (Å²) < 4.78 is 0. The molecule has 1 heterocycles. The predicted molar refractivity (Wildman–Crippen MR) is 85.5 cm³/mol. The van der Waals surface area contributed by atoms with E-state index in [4.69, 9.17) is 0 Å². The van der Waals surface area contributed by atoms with E-state index in [0.717, 1.165) is 30.8 Å². The van der Waals surface area contributed by atoms with Crippen LogP contribution in [-0.4, -0.2) is 37.6 Å². The number of piperidine rings is 1. The molecule has 1 fully saturated rings. The van der Waals surface area contributed by atoms with Gasteiger partial charge in [0.05, 0.1) is 0 Å². The van der Waals surface area contributed by atoms with Crippen molar-refractivity contribution >= 4 is 0 Å². The second-order valence-electron chi connectivity index (χ2n) is 8.10. The first-order valence-corrected chi connectivity index (χ1v) is 8.22. The number of nitrogens with zero attached hydrogens (tertiary/aromatic N) is 1. The van der Waals surface area contributed by atoms with Crippen molar-refractivity contribution in [3.63, 3.8) is 0 Å². The Bertz CT molecular complexity index is 234. The first-order chi connectivity index (χ1) is 8.79. The second kappa shape index (κ2) is 7.64. The lowest BCUT2D eigenvalue weighted by Gasteiger charge is -2.39. The molecule has 0 saturated carbocycles. The lowest BCUT2D eigenvalue weighted by atomic mass is 9.75. The van der Waals surface area contributed by atoms with Crippen LogP contribution in [-0.2, 0) is 0 Å². The maximum Gasteiger partial charge on any atom is 0.00191 e. The van der Waals surface area contributed by atoms with E-state index in [1.54, 1.807) is 0 Å². The molecule has 2 heteroatoms. The standard InChI is InChI=1S/C17H36N2/c1-14(2)11-18-12-15(3)13-19-9-7-16(8-10-19)17(4,5)6/h14-16,18H,7-13H2,1-6H3. The van der Waals surface area contributed by atoms with Crippen molar-refractivity contribution in [2.24, 2.45) is 23.2 Å². The molecule has 0 aromatic heterocycles. The Kier molecular flexibility index (Phi) is 6.82. The largest absolute Gasteiger partial charge is 0.316 e. The molecule has 1 N–H and O–H groups in total. The third kappa shape index (κ3) is 6.76. The van der Waals surface area contributed by atoms with Gasteiger partial charge in [-0.3, -0.25) is 0 Å². The summed E-state index contributed by atoms with van der Waals surface area (Å²) in [5.41, 5.74) is 0.497. The lowest BCUT2D eigenvalue weighted by molar-refractivity contribution is 0.102. The average Bonchev–Trinajstić information content (AvgIpc) is 2.27. The molecule has 0 aromatic rings. The summed E-state index contributed by atoms with van der Waals surface area (Å²) in [6.45, 7) is 20.3. The van der Waals surface area contributed by atoms with E-state index in [2.05, 4.69) is 51.8 Å². The van der Waals surface area contributed by atoms with Gasteiger partial charge in [0.15, 0.2) is 0 Å². The lowest BCUT2D eigenvalue weighted by Crippen LogP contribution is -2.41. The van der Waals surface area contributed by atoms with Crippen LogP contribution >= 0.6 is 0 Å². The van der Waals surface area contributed by atoms with Gasteiger partial charge >= 0.3 is 0 Å². The summed E-state index contributed by atoms with van der Waals surface area (Å²) >= 11 is 0. The summed E-state index contributed by atoms with van der Waals surface area (Å²) in [5.74, 6) is 2.44. The molecule has 0 spiro atoms. The first-order valence-electron chi connectivity index (χ1n) is 8.22. The highest BCUT2D eigenvalue weighted by atomic mass is 15.1. The Hall–Kier alpha value is -0.0800. The fourth-order valence-corrected chi connectivity index (χ4v) is 3.11. The first kappa shape index (κ1) is 17.0. The molecule has 1 aliphatic rings. The number of nitrogens with one attached hydrogen (secondary N) is 1. The number of hydrogen-bond donors (Lipinski definition) is 1. The molecule has 2 nitrogen and oxygen atoms in total. The normalized spacial score (nSPS) is 21.0. The second-order valence-corrected chi connectivity index (χ2v) is 8.10. The summed E-state index contributed by atoms with van der Waals surface area (Å²) in [7, 11) is 0. The van der Waals surface area contributed by atoms with Crippen LogP contribution in [0.3, 0.4) is 0 Å². The van der Waals surface area contributed by atoms with Gasteiger partial charge in [-0.1, -0.05) is 41.5 Å². The topological polar surface area (TPSA) is 15.3 Å². The van der Waals surface area contributed by atoms with Crippen LogP contribution in [0.2, 0.25) is 0 Å². The van der Waals surface area contributed by atoms with E-state index in [-0.39, 0.29) is 0 Å². The Morgan fingerprint density at radius 3 is 2.11 bits per heavy atom. The summed E-state index contributed by atoms with van der Waals surface area (Å²) in [4.78, 5) is 2.67. The molecule has 1 rings (SSSR count). The molecule has 0 radical (unpaired) electrons. The molecule has 1 aliphatic heterocycles. The van der Waals surface area contributed by atoms with Gasteiger partial charge in [0.25, 0.3) is 0 Å². The van der Waals surface area contributed by atoms with E-state index < -0.39 is 0 Å². The third-order valence-electron chi connectivity index (χ3n) is 4.43. The molecule has 0 aromatic carbocycles. The van der Waals surface area contributed by atoms with Gasteiger partial charge in [-0.25, -0.2) is 0 Å². The monoisotopic (exact) mass is 268 g/mol. The van der Waals surface area contributed by atoms with Crippen LogP contribution in [0, 0.1) is 23.2 Å². The minimum Gasteiger partial charge on any atom is -0.316 e. The van der Waals surface area contributed by atoms with Gasteiger partial charge in [-0.15, -0.1) is 0 Å². The minimum atomic E-state index is 0.497. The van der Waals surface area contributed by atoms with Gasteiger partial charge in [0.2, 0.25) is 0 Å². The summed E-state index contributed by atoms with van der Waals surface area (Å²) in [6, 6.07) is 0.